The van der Waals surface area contributed by atoms with E-state index in [0.717, 1.165) is 53.0 Å². The topological polar surface area (TPSA) is 79.5 Å². The average molecular weight is 384 g/mol. The number of imidazole rings is 1. The Kier molecular flexibility index (Phi) is 4.05. The quantitative estimate of drug-likeness (QED) is 0.534. The number of aromatic nitrogens is 3. The van der Waals surface area contributed by atoms with Crippen molar-refractivity contribution in [2.24, 2.45) is 0 Å². The van der Waals surface area contributed by atoms with Crippen LogP contribution in [0, 0.1) is 0 Å². The minimum absolute atomic E-state index is 0.465. The molecule has 6 nitrogen and oxygen atoms in total. The zero-order valence-electron chi connectivity index (χ0n) is 15.7. The Morgan fingerprint density at radius 2 is 1.72 bits per heavy atom. The minimum Gasteiger partial charge on any atom is -0.465 e. The lowest BCUT2D eigenvalue weighted by Gasteiger charge is -2.42. The summed E-state index contributed by atoms with van der Waals surface area (Å²) in [5.74, 6) is 0. The lowest BCUT2D eigenvalue weighted by molar-refractivity contribution is 0.144. The number of carbonyl (C=O) groups is 1. The summed E-state index contributed by atoms with van der Waals surface area (Å²) in [5, 5.41) is 16.4. The van der Waals surface area contributed by atoms with Gasteiger partial charge >= 0.3 is 6.09 Å². The standard InChI is InChI=1S/C23H20N4O2/c28-22(29)26-23(13-5-14-23)18-11-9-16(10-12-18)20-21(17-6-2-1-3-7-17)27-19(25-20)8-4-15-24-27/h1-4,6-12,15,26H,5,13-14H2,(H,28,29). The number of amides is 1. The Balaban J connectivity index is 1.61. The molecule has 0 bridgehead atoms. The number of nitrogens with zero attached hydrogens (tertiary/aromatic N) is 3. The van der Waals surface area contributed by atoms with Crippen LogP contribution in [0.15, 0.2) is 72.9 Å². The van der Waals surface area contributed by atoms with Gasteiger partial charge in [-0.15, -0.1) is 0 Å². The molecule has 2 aromatic heterocycles. The molecule has 1 amide bonds. The van der Waals surface area contributed by atoms with Gasteiger partial charge in [0.15, 0.2) is 5.65 Å². The van der Waals surface area contributed by atoms with E-state index < -0.39 is 11.6 Å². The third kappa shape index (κ3) is 2.93. The Morgan fingerprint density at radius 3 is 2.38 bits per heavy atom. The lowest BCUT2D eigenvalue weighted by atomic mass is 9.72. The van der Waals surface area contributed by atoms with Gasteiger partial charge in [-0.05, 0) is 37.0 Å². The van der Waals surface area contributed by atoms with Crippen LogP contribution in [-0.4, -0.2) is 25.8 Å². The zero-order chi connectivity index (χ0) is 19.8. The summed E-state index contributed by atoms with van der Waals surface area (Å²) in [7, 11) is 0. The molecule has 1 saturated carbocycles. The SMILES string of the molecule is O=C(O)NC1(c2ccc(-c3nc4cccnn4c3-c3ccccc3)cc2)CCC1. The van der Waals surface area contributed by atoms with Crippen molar-refractivity contribution in [1.29, 1.82) is 0 Å². The summed E-state index contributed by atoms with van der Waals surface area (Å²) < 4.78 is 1.86. The van der Waals surface area contributed by atoms with E-state index in [4.69, 9.17) is 4.98 Å². The van der Waals surface area contributed by atoms with Crippen LogP contribution in [0.25, 0.3) is 28.2 Å². The number of fused-ring (bicyclic) bond motifs is 1. The summed E-state index contributed by atoms with van der Waals surface area (Å²) in [5.41, 5.74) is 5.13. The minimum atomic E-state index is -0.980. The molecule has 29 heavy (non-hydrogen) atoms. The maximum Gasteiger partial charge on any atom is 0.405 e. The molecule has 0 spiro atoms. The predicted molar refractivity (Wildman–Crippen MR) is 111 cm³/mol. The summed E-state index contributed by atoms with van der Waals surface area (Å²) in [4.78, 5) is 16.1. The number of nitrogens with one attached hydrogen (secondary N) is 1. The fourth-order valence-corrected chi connectivity index (χ4v) is 4.11. The van der Waals surface area contributed by atoms with Crippen LogP contribution in [0.2, 0.25) is 0 Å². The van der Waals surface area contributed by atoms with Gasteiger partial charge in [0.2, 0.25) is 0 Å². The van der Waals surface area contributed by atoms with E-state index in [1.165, 1.54) is 0 Å². The van der Waals surface area contributed by atoms with Gasteiger partial charge in [-0.25, -0.2) is 14.3 Å². The van der Waals surface area contributed by atoms with Crippen molar-refractivity contribution in [3.63, 3.8) is 0 Å². The van der Waals surface area contributed by atoms with Crippen molar-refractivity contribution in [2.75, 3.05) is 0 Å². The molecule has 1 aliphatic carbocycles. The number of hydrogen-bond donors (Lipinski definition) is 2. The van der Waals surface area contributed by atoms with Gasteiger partial charge in [-0.3, -0.25) is 0 Å². The maximum absolute atomic E-state index is 11.2. The molecule has 0 radical (unpaired) electrons. The van der Waals surface area contributed by atoms with Gasteiger partial charge in [0.1, 0.15) is 5.69 Å². The monoisotopic (exact) mass is 384 g/mol. The van der Waals surface area contributed by atoms with Gasteiger partial charge in [-0.2, -0.15) is 5.10 Å². The van der Waals surface area contributed by atoms with E-state index in [0.29, 0.717) is 0 Å². The summed E-state index contributed by atoms with van der Waals surface area (Å²) in [6.45, 7) is 0. The second-order valence-electron chi connectivity index (χ2n) is 7.41. The van der Waals surface area contributed by atoms with Gasteiger partial charge < -0.3 is 10.4 Å². The van der Waals surface area contributed by atoms with E-state index in [1.807, 2.05) is 59.1 Å². The fourth-order valence-electron chi connectivity index (χ4n) is 4.11. The van der Waals surface area contributed by atoms with Crippen LogP contribution in [0.5, 0.6) is 0 Å². The highest BCUT2D eigenvalue weighted by atomic mass is 16.4. The highest BCUT2D eigenvalue weighted by Gasteiger charge is 2.40. The largest absolute Gasteiger partial charge is 0.465 e. The predicted octanol–water partition coefficient (Wildman–Crippen LogP) is 4.71. The molecule has 2 aromatic carbocycles. The lowest BCUT2D eigenvalue weighted by Crippen LogP contribution is -2.50. The second-order valence-corrected chi connectivity index (χ2v) is 7.41. The molecule has 2 N–H and O–H groups in total. The highest BCUT2D eigenvalue weighted by Crippen LogP contribution is 2.42. The maximum atomic E-state index is 11.2. The highest BCUT2D eigenvalue weighted by molar-refractivity contribution is 5.81. The Bertz CT molecular complexity index is 1180. The van der Waals surface area contributed by atoms with E-state index in [1.54, 1.807) is 6.20 Å². The first kappa shape index (κ1) is 17.4. The van der Waals surface area contributed by atoms with Crippen molar-refractivity contribution in [2.45, 2.75) is 24.8 Å². The summed E-state index contributed by atoms with van der Waals surface area (Å²) >= 11 is 0. The number of rotatable bonds is 4. The van der Waals surface area contributed by atoms with Crippen molar-refractivity contribution < 1.29 is 9.90 Å². The fraction of sp³-hybridized carbons (Fsp3) is 0.174. The Hall–Kier alpha value is -3.67. The van der Waals surface area contributed by atoms with E-state index in [-0.39, 0.29) is 0 Å². The molecule has 5 rings (SSSR count). The van der Waals surface area contributed by atoms with Crippen LogP contribution < -0.4 is 5.32 Å². The van der Waals surface area contributed by atoms with Crippen LogP contribution in [0.4, 0.5) is 4.79 Å². The van der Waals surface area contributed by atoms with E-state index in [2.05, 4.69) is 22.5 Å². The molecule has 2 heterocycles. The van der Waals surface area contributed by atoms with Crippen LogP contribution in [-0.2, 0) is 5.54 Å². The first-order chi connectivity index (χ1) is 14.2. The molecular formula is C23H20N4O2. The Morgan fingerprint density at radius 1 is 0.966 bits per heavy atom. The van der Waals surface area contributed by atoms with Crippen LogP contribution >= 0.6 is 0 Å². The van der Waals surface area contributed by atoms with Crippen LogP contribution in [0.1, 0.15) is 24.8 Å². The molecule has 1 aliphatic rings. The molecule has 4 aromatic rings. The van der Waals surface area contributed by atoms with Crippen LogP contribution in [0.3, 0.4) is 0 Å². The zero-order valence-corrected chi connectivity index (χ0v) is 15.7. The molecule has 144 valence electrons. The summed E-state index contributed by atoms with van der Waals surface area (Å²) in [6, 6.07) is 22.0. The summed E-state index contributed by atoms with van der Waals surface area (Å²) in [6.07, 6.45) is 3.45. The third-order valence-electron chi connectivity index (χ3n) is 5.70. The first-order valence-corrected chi connectivity index (χ1v) is 9.67. The van der Waals surface area contributed by atoms with Crippen molar-refractivity contribution in [3.8, 4) is 22.5 Å². The number of hydrogen-bond acceptors (Lipinski definition) is 3. The molecule has 0 aliphatic heterocycles. The average Bonchev–Trinajstić information content (AvgIpc) is 3.11. The Labute approximate surface area is 167 Å². The normalized spacial score (nSPS) is 15.0. The van der Waals surface area contributed by atoms with Crippen molar-refractivity contribution in [1.82, 2.24) is 19.9 Å². The molecule has 1 fully saturated rings. The molecule has 6 heteroatoms. The third-order valence-corrected chi connectivity index (χ3v) is 5.70. The van der Waals surface area contributed by atoms with E-state index >= 15 is 0 Å². The number of carboxylic acid groups (broad SMARTS) is 1. The van der Waals surface area contributed by atoms with Gasteiger partial charge in [-0.1, -0.05) is 54.6 Å². The van der Waals surface area contributed by atoms with Crippen molar-refractivity contribution >= 4 is 11.7 Å². The first-order valence-electron chi connectivity index (χ1n) is 9.67. The van der Waals surface area contributed by atoms with Gasteiger partial charge in [0.25, 0.3) is 0 Å². The van der Waals surface area contributed by atoms with E-state index in [9.17, 15) is 9.90 Å². The smallest absolute Gasteiger partial charge is 0.405 e. The molecule has 0 atom stereocenters. The molecular weight excluding hydrogens is 364 g/mol. The van der Waals surface area contributed by atoms with Gasteiger partial charge in [0.05, 0.1) is 11.2 Å². The van der Waals surface area contributed by atoms with Crippen molar-refractivity contribution in [3.05, 3.63) is 78.5 Å². The second kappa shape index (κ2) is 6.74. The molecule has 0 saturated heterocycles. The number of benzene rings is 2. The van der Waals surface area contributed by atoms with Gasteiger partial charge in [0, 0.05) is 17.3 Å². The molecule has 0 unspecified atom stereocenters.